The Labute approximate surface area is 176 Å². The second-order valence-electron chi connectivity index (χ2n) is 8.07. The zero-order chi connectivity index (χ0) is 20.6. The van der Waals surface area contributed by atoms with Crippen LogP contribution in [0.1, 0.15) is 17.8 Å². The summed E-state index contributed by atoms with van der Waals surface area (Å²) in [6.45, 7) is 2.53. The predicted molar refractivity (Wildman–Crippen MR) is 113 cm³/mol. The third-order valence-corrected chi connectivity index (χ3v) is 6.14. The normalized spacial score (nSPS) is 20.4. The van der Waals surface area contributed by atoms with Crippen LogP contribution < -0.4 is 4.74 Å². The second kappa shape index (κ2) is 7.61. The molecule has 2 aliphatic heterocycles. The topological polar surface area (TPSA) is 56.6 Å². The van der Waals surface area contributed by atoms with Crippen LogP contribution in [-0.2, 0) is 29.1 Å². The molecule has 2 aliphatic rings. The zero-order valence-corrected chi connectivity index (χ0v) is 17.1. The Morgan fingerprint density at radius 3 is 2.70 bits per heavy atom. The number of carbonyl (C=O) groups excluding carboxylic acids is 1. The number of hydrogen-bond donors (Lipinski definition) is 0. The van der Waals surface area contributed by atoms with Gasteiger partial charge in [-0.25, -0.2) is 4.98 Å². The smallest absolute Gasteiger partial charge is 0.227 e. The van der Waals surface area contributed by atoms with Crippen LogP contribution in [0.3, 0.4) is 0 Å². The highest BCUT2D eigenvalue weighted by Crippen LogP contribution is 2.35. The lowest BCUT2D eigenvalue weighted by Crippen LogP contribution is -2.45. The number of nitrogens with zero attached hydrogens (tertiary/aromatic N) is 3. The van der Waals surface area contributed by atoms with Crippen molar-refractivity contribution in [3.05, 3.63) is 72.2 Å². The van der Waals surface area contributed by atoms with Crippen molar-refractivity contribution in [1.82, 2.24) is 14.5 Å². The van der Waals surface area contributed by atoms with Crippen molar-refractivity contribution in [2.75, 3.05) is 20.2 Å². The highest BCUT2D eigenvalue weighted by molar-refractivity contribution is 5.79. The quantitative estimate of drug-likeness (QED) is 0.671. The van der Waals surface area contributed by atoms with Crippen LogP contribution in [0, 0.1) is 0 Å². The summed E-state index contributed by atoms with van der Waals surface area (Å²) >= 11 is 0. The van der Waals surface area contributed by atoms with Crippen molar-refractivity contribution >= 4 is 5.91 Å². The zero-order valence-electron chi connectivity index (χ0n) is 17.1. The summed E-state index contributed by atoms with van der Waals surface area (Å²) in [5.74, 6) is 1.93. The molecule has 0 bridgehead atoms. The molecule has 6 heteroatoms. The van der Waals surface area contributed by atoms with Crippen LogP contribution in [0.5, 0.6) is 5.75 Å². The third kappa shape index (κ3) is 3.48. The van der Waals surface area contributed by atoms with Crippen molar-refractivity contribution in [2.24, 2.45) is 0 Å². The molecule has 1 amide bonds. The number of carbonyl (C=O) groups is 1. The SMILES string of the molecule is COc1ccc(-c2cnc3n2C[C@@]2(CCN(C(=O)Cc4ccccc4)C2)OC3)cc1. The van der Waals surface area contributed by atoms with Gasteiger partial charge in [-0.1, -0.05) is 30.3 Å². The molecule has 0 saturated carbocycles. The molecule has 0 N–H and O–H groups in total. The Kier molecular flexibility index (Phi) is 4.79. The van der Waals surface area contributed by atoms with E-state index in [1.165, 1.54) is 0 Å². The Bertz CT molecular complexity index is 1050. The maximum absolute atomic E-state index is 12.8. The molecule has 1 aromatic heterocycles. The first kappa shape index (κ1) is 18.9. The maximum atomic E-state index is 12.8. The fraction of sp³-hybridized carbons (Fsp3) is 0.333. The van der Waals surface area contributed by atoms with Gasteiger partial charge < -0.3 is 18.9 Å². The van der Waals surface area contributed by atoms with E-state index >= 15 is 0 Å². The number of benzene rings is 2. The Balaban J connectivity index is 1.33. The summed E-state index contributed by atoms with van der Waals surface area (Å²) in [4.78, 5) is 19.3. The summed E-state index contributed by atoms with van der Waals surface area (Å²) in [6, 6.07) is 17.9. The van der Waals surface area contributed by atoms with Gasteiger partial charge in [0.15, 0.2) is 0 Å². The van der Waals surface area contributed by atoms with E-state index in [2.05, 4.69) is 21.7 Å². The minimum absolute atomic E-state index is 0.161. The summed E-state index contributed by atoms with van der Waals surface area (Å²) in [7, 11) is 1.67. The molecule has 1 fully saturated rings. The molecule has 0 radical (unpaired) electrons. The highest BCUT2D eigenvalue weighted by atomic mass is 16.5. The Hall–Kier alpha value is -3.12. The van der Waals surface area contributed by atoms with Crippen LogP contribution in [0.2, 0.25) is 0 Å². The van der Waals surface area contributed by atoms with Gasteiger partial charge >= 0.3 is 0 Å². The third-order valence-electron chi connectivity index (χ3n) is 6.14. The molecule has 1 saturated heterocycles. The first-order chi connectivity index (χ1) is 14.7. The molecule has 3 heterocycles. The van der Waals surface area contributed by atoms with Gasteiger partial charge in [0.25, 0.3) is 0 Å². The van der Waals surface area contributed by atoms with Crippen molar-refractivity contribution < 1.29 is 14.3 Å². The van der Waals surface area contributed by atoms with Gasteiger partial charge in [0.1, 0.15) is 23.8 Å². The van der Waals surface area contributed by atoms with Crippen molar-refractivity contribution in [2.45, 2.75) is 31.6 Å². The second-order valence-corrected chi connectivity index (χ2v) is 8.07. The largest absolute Gasteiger partial charge is 0.497 e. The highest BCUT2D eigenvalue weighted by Gasteiger charge is 2.44. The molecular formula is C24H25N3O3. The number of amides is 1. The van der Waals surface area contributed by atoms with Gasteiger partial charge in [0.2, 0.25) is 5.91 Å². The molecular weight excluding hydrogens is 378 g/mol. The standard InChI is InChI=1S/C24H25N3O3/c1-29-20-9-7-19(8-10-20)21-14-25-22-15-30-24(17-27(21)22)11-12-26(16-24)23(28)13-18-5-3-2-4-6-18/h2-10,14H,11-13,15-17H2,1H3/t24-/m0/s1. The van der Waals surface area contributed by atoms with Crippen molar-refractivity contribution in [1.29, 1.82) is 0 Å². The van der Waals surface area contributed by atoms with Gasteiger partial charge in [-0.05, 0) is 36.2 Å². The first-order valence-electron chi connectivity index (χ1n) is 10.3. The van der Waals surface area contributed by atoms with E-state index in [-0.39, 0.29) is 11.5 Å². The van der Waals surface area contributed by atoms with Crippen LogP contribution in [0.25, 0.3) is 11.3 Å². The molecule has 30 heavy (non-hydrogen) atoms. The predicted octanol–water partition coefficient (Wildman–Crippen LogP) is 3.30. The van der Waals surface area contributed by atoms with E-state index in [4.69, 9.17) is 9.47 Å². The number of rotatable bonds is 4. The van der Waals surface area contributed by atoms with Crippen LogP contribution in [0.15, 0.2) is 60.8 Å². The number of aromatic nitrogens is 2. The molecule has 0 unspecified atom stereocenters. The van der Waals surface area contributed by atoms with E-state index in [0.717, 1.165) is 41.4 Å². The fourth-order valence-corrected chi connectivity index (χ4v) is 4.44. The average molecular weight is 403 g/mol. The molecule has 154 valence electrons. The molecule has 1 atom stereocenters. The van der Waals surface area contributed by atoms with Gasteiger partial charge in [-0.15, -0.1) is 0 Å². The summed E-state index contributed by atoms with van der Waals surface area (Å²) < 4.78 is 13.8. The summed E-state index contributed by atoms with van der Waals surface area (Å²) in [5.41, 5.74) is 2.87. The summed E-state index contributed by atoms with van der Waals surface area (Å²) in [6.07, 6.45) is 3.18. The number of methoxy groups -OCH3 is 1. The van der Waals surface area contributed by atoms with Crippen LogP contribution in [-0.4, -0.2) is 46.2 Å². The molecule has 0 aliphatic carbocycles. The Morgan fingerprint density at radius 2 is 1.93 bits per heavy atom. The van der Waals surface area contributed by atoms with Crippen molar-refractivity contribution in [3.63, 3.8) is 0 Å². The van der Waals surface area contributed by atoms with E-state index in [9.17, 15) is 4.79 Å². The van der Waals surface area contributed by atoms with Gasteiger partial charge in [-0.2, -0.15) is 0 Å². The molecule has 6 nitrogen and oxygen atoms in total. The molecule has 2 aromatic carbocycles. The number of ether oxygens (including phenoxy) is 2. The lowest BCUT2D eigenvalue weighted by atomic mass is 10.0. The van der Waals surface area contributed by atoms with E-state index < -0.39 is 0 Å². The number of imidazole rings is 1. The average Bonchev–Trinajstić information content (AvgIpc) is 3.39. The van der Waals surface area contributed by atoms with Gasteiger partial charge in [0.05, 0.1) is 38.5 Å². The fourth-order valence-electron chi connectivity index (χ4n) is 4.44. The van der Waals surface area contributed by atoms with E-state index in [1.807, 2.05) is 53.6 Å². The number of likely N-dealkylation sites (tertiary alicyclic amines) is 1. The maximum Gasteiger partial charge on any atom is 0.227 e. The van der Waals surface area contributed by atoms with Crippen molar-refractivity contribution in [3.8, 4) is 17.0 Å². The monoisotopic (exact) mass is 403 g/mol. The molecule has 1 spiro atoms. The lowest BCUT2D eigenvalue weighted by Gasteiger charge is -2.35. The van der Waals surface area contributed by atoms with Crippen LogP contribution >= 0.6 is 0 Å². The van der Waals surface area contributed by atoms with E-state index in [1.54, 1.807) is 7.11 Å². The minimum Gasteiger partial charge on any atom is -0.497 e. The van der Waals surface area contributed by atoms with Gasteiger partial charge in [-0.3, -0.25) is 4.79 Å². The lowest BCUT2D eigenvalue weighted by molar-refractivity contribution is -0.132. The summed E-state index contributed by atoms with van der Waals surface area (Å²) in [5, 5.41) is 0. The number of fused-ring (bicyclic) bond motifs is 1. The van der Waals surface area contributed by atoms with Crippen LogP contribution in [0.4, 0.5) is 0 Å². The first-order valence-corrected chi connectivity index (χ1v) is 10.3. The van der Waals surface area contributed by atoms with E-state index in [0.29, 0.717) is 26.1 Å². The minimum atomic E-state index is -0.346. The van der Waals surface area contributed by atoms with Gasteiger partial charge in [0, 0.05) is 12.1 Å². The molecule has 3 aromatic rings. The molecule has 5 rings (SSSR count). The Morgan fingerprint density at radius 1 is 1.13 bits per heavy atom. The number of hydrogen-bond acceptors (Lipinski definition) is 4.